The first-order valence-electron chi connectivity index (χ1n) is 7.78. The summed E-state index contributed by atoms with van der Waals surface area (Å²) in [5, 5.41) is 32.3. The molecule has 0 aromatic rings. The maximum Gasteiger partial charge on any atom is 0.326 e. The van der Waals surface area contributed by atoms with Crippen LogP contribution in [0.5, 0.6) is 0 Å². The first kappa shape index (κ1) is 23.8. The molecule has 152 valence electrons. The Morgan fingerprint density at radius 3 is 1.81 bits per heavy atom. The largest absolute Gasteiger partial charge is 0.481 e. The number of hydrogen-bond donors (Lipinski definition) is 7. The lowest BCUT2D eigenvalue weighted by atomic mass is 10.1. The fourth-order valence-corrected chi connectivity index (χ4v) is 1.72. The fourth-order valence-electron chi connectivity index (χ4n) is 1.72. The van der Waals surface area contributed by atoms with Gasteiger partial charge in [0.05, 0.1) is 19.1 Å². The molecule has 0 aliphatic heterocycles. The smallest absolute Gasteiger partial charge is 0.326 e. The van der Waals surface area contributed by atoms with Gasteiger partial charge in [-0.25, -0.2) is 4.79 Å². The van der Waals surface area contributed by atoms with Gasteiger partial charge in [-0.05, 0) is 12.8 Å². The van der Waals surface area contributed by atoms with Crippen molar-refractivity contribution in [2.45, 2.75) is 37.8 Å². The molecule has 0 rings (SSSR count). The van der Waals surface area contributed by atoms with E-state index in [9.17, 15) is 28.8 Å². The second-order valence-corrected chi connectivity index (χ2v) is 5.42. The SMILES string of the molecule is NC(CCC(=O)O)C(=O)NCC(=O)NCC(=O)NC(CCC(=O)O)C(=O)O. The first-order valence-corrected chi connectivity index (χ1v) is 7.78. The van der Waals surface area contributed by atoms with Gasteiger partial charge in [0.25, 0.3) is 0 Å². The van der Waals surface area contributed by atoms with E-state index in [4.69, 9.17) is 21.1 Å². The summed E-state index contributed by atoms with van der Waals surface area (Å²) in [6, 6.07) is -2.53. The van der Waals surface area contributed by atoms with E-state index in [1.54, 1.807) is 0 Å². The van der Waals surface area contributed by atoms with E-state index in [0.29, 0.717) is 0 Å². The van der Waals surface area contributed by atoms with Gasteiger partial charge in [0.1, 0.15) is 6.04 Å². The molecule has 0 bridgehead atoms. The molecule has 0 aromatic carbocycles. The third kappa shape index (κ3) is 11.9. The molecule has 0 spiro atoms. The number of amides is 3. The monoisotopic (exact) mass is 390 g/mol. The molecule has 0 aromatic heterocycles. The lowest BCUT2D eigenvalue weighted by Crippen LogP contribution is -2.48. The van der Waals surface area contributed by atoms with E-state index in [-0.39, 0.29) is 19.3 Å². The van der Waals surface area contributed by atoms with Gasteiger partial charge in [-0.2, -0.15) is 0 Å². The highest BCUT2D eigenvalue weighted by Gasteiger charge is 2.21. The van der Waals surface area contributed by atoms with Crippen LogP contribution in [0.15, 0.2) is 0 Å². The van der Waals surface area contributed by atoms with Gasteiger partial charge in [0, 0.05) is 12.8 Å². The van der Waals surface area contributed by atoms with Gasteiger partial charge in [-0.1, -0.05) is 0 Å². The zero-order valence-corrected chi connectivity index (χ0v) is 14.3. The van der Waals surface area contributed by atoms with E-state index >= 15 is 0 Å². The summed E-state index contributed by atoms with van der Waals surface area (Å²) in [5.74, 6) is -6.12. The summed E-state index contributed by atoms with van der Waals surface area (Å²) < 4.78 is 0. The van der Waals surface area contributed by atoms with Crippen LogP contribution >= 0.6 is 0 Å². The molecule has 0 saturated carbocycles. The van der Waals surface area contributed by atoms with Gasteiger partial charge in [0.2, 0.25) is 17.7 Å². The Morgan fingerprint density at radius 1 is 0.778 bits per heavy atom. The predicted molar refractivity (Wildman–Crippen MR) is 87.3 cm³/mol. The lowest BCUT2D eigenvalue weighted by Gasteiger charge is -2.14. The van der Waals surface area contributed by atoms with Crippen LogP contribution in [0.1, 0.15) is 25.7 Å². The zero-order valence-electron chi connectivity index (χ0n) is 14.3. The molecule has 2 atom stereocenters. The predicted octanol–water partition coefficient (Wildman–Crippen LogP) is -3.15. The third-order valence-electron chi connectivity index (χ3n) is 3.16. The molecule has 13 nitrogen and oxygen atoms in total. The Balaban J connectivity index is 4.19. The molecule has 0 fully saturated rings. The Morgan fingerprint density at radius 2 is 1.30 bits per heavy atom. The van der Waals surface area contributed by atoms with Crippen LogP contribution in [0.3, 0.4) is 0 Å². The van der Waals surface area contributed by atoms with E-state index in [0.717, 1.165) is 0 Å². The molecule has 2 unspecified atom stereocenters. The second-order valence-electron chi connectivity index (χ2n) is 5.42. The highest BCUT2D eigenvalue weighted by Crippen LogP contribution is 1.98. The summed E-state index contributed by atoms with van der Waals surface area (Å²) in [7, 11) is 0. The van der Waals surface area contributed by atoms with Crippen molar-refractivity contribution in [3.8, 4) is 0 Å². The minimum atomic E-state index is -1.42. The third-order valence-corrected chi connectivity index (χ3v) is 3.16. The highest BCUT2D eigenvalue weighted by molar-refractivity contribution is 5.90. The molecular formula is C14H22N4O9. The quantitative estimate of drug-likeness (QED) is 0.167. The molecule has 0 aliphatic rings. The van der Waals surface area contributed by atoms with Gasteiger partial charge in [0.15, 0.2) is 0 Å². The number of carbonyl (C=O) groups excluding carboxylic acids is 3. The van der Waals surface area contributed by atoms with Gasteiger partial charge >= 0.3 is 17.9 Å². The summed E-state index contributed by atoms with van der Waals surface area (Å²) in [6.45, 7) is -1.11. The number of carbonyl (C=O) groups is 6. The van der Waals surface area contributed by atoms with E-state index < -0.39 is 67.2 Å². The number of carboxylic acids is 3. The maximum absolute atomic E-state index is 11.6. The van der Waals surface area contributed by atoms with Crippen molar-refractivity contribution in [1.29, 1.82) is 0 Å². The average Bonchev–Trinajstić information content (AvgIpc) is 2.58. The Labute approximate surface area is 153 Å². The molecule has 8 N–H and O–H groups in total. The minimum Gasteiger partial charge on any atom is -0.481 e. The number of aliphatic carboxylic acids is 3. The summed E-state index contributed by atoms with van der Waals surface area (Å²) in [5.41, 5.74) is 5.44. The minimum absolute atomic E-state index is 0.113. The Bertz CT molecular complexity index is 593. The summed E-state index contributed by atoms with van der Waals surface area (Å²) in [4.78, 5) is 66.4. The molecule has 0 radical (unpaired) electrons. The number of carboxylic acid groups (broad SMARTS) is 3. The highest BCUT2D eigenvalue weighted by atomic mass is 16.4. The van der Waals surface area contributed by atoms with Gasteiger partial charge in [-0.3, -0.25) is 24.0 Å². The van der Waals surface area contributed by atoms with Crippen molar-refractivity contribution >= 4 is 35.6 Å². The zero-order chi connectivity index (χ0) is 21.0. The van der Waals surface area contributed by atoms with E-state index in [2.05, 4.69) is 16.0 Å². The Hall–Kier alpha value is -3.22. The van der Waals surface area contributed by atoms with Crippen LogP contribution < -0.4 is 21.7 Å². The molecule has 0 heterocycles. The van der Waals surface area contributed by atoms with Crippen molar-refractivity contribution in [1.82, 2.24) is 16.0 Å². The van der Waals surface area contributed by atoms with Gasteiger partial charge < -0.3 is 37.0 Å². The molecule has 3 amide bonds. The van der Waals surface area contributed by atoms with Crippen molar-refractivity contribution < 1.29 is 44.1 Å². The van der Waals surface area contributed by atoms with Crippen molar-refractivity contribution in [2.24, 2.45) is 5.73 Å². The molecule has 27 heavy (non-hydrogen) atoms. The number of hydrogen-bond acceptors (Lipinski definition) is 7. The normalized spacial score (nSPS) is 12.3. The van der Waals surface area contributed by atoms with Crippen molar-refractivity contribution in [3.63, 3.8) is 0 Å². The topological polar surface area (TPSA) is 225 Å². The molecular weight excluding hydrogens is 368 g/mol. The number of rotatable bonds is 13. The van der Waals surface area contributed by atoms with Crippen LogP contribution in [-0.2, 0) is 28.8 Å². The Kier molecular flexibility index (Phi) is 10.7. The average molecular weight is 390 g/mol. The van der Waals surface area contributed by atoms with Crippen LogP contribution in [0.2, 0.25) is 0 Å². The molecule has 0 aliphatic carbocycles. The van der Waals surface area contributed by atoms with Gasteiger partial charge in [-0.15, -0.1) is 0 Å². The van der Waals surface area contributed by atoms with Crippen molar-refractivity contribution in [2.75, 3.05) is 13.1 Å². The summed E-state index contributed by atoms with van der Waals surface area (Å²) >= 11 is 0. The second kappa shape index (κ2) is 12.2. The summed E-state index contributed by atoms with van der Waals surface area (Å²) in [6.07, 6.45) is -1.21. The van der Waals surface area contributed by atoms with Crippen LogP contribution in [0.4, 0.5) is 0 Å². The van der Waals surface area contributed by atoms with Crippen molar-refractivity contribution in [3.05, 3.63) is 0 Å². The number of nitrogens with one attached hydrogen (secondary N) is 3. The van der Waals surface area contributed by atoms with E-state index in [1.807, 2.05) is 0 Å². The maximum atomic E-state index is 11.6. The fraction of sp³-hybridized carbons (Fsp3) is 0.571. The number of nitrogens with two attached hydrogens (primary N) is 1. The lowest BCUT2D eigenvalue weighted by molar-refractivity contribution is -0.143. The van der Waals surface area contributed by atoms with E-state index in [1.165, 1.54) is 0 Å². The standard InChI is InChI=1S/C14H22N4O9/c15-7(1-3-11(21)22)13(25)17-5-9(19)16-6-10(20)18-8(14(26)27)2-4-12(23)24/h7-8H,1-6,15H2,(H,16,19)(H,17,25)(H,18,20)(H,21,22)(H,23,24)(H,26,27). The molecule has 13 heteroatoms. The van der Waals surface area contributed by atoms with Crippen LogP contribution in [0, 0.1) is 0 Å². The molecule has 0 saturated heterocycles. The van der Waals surface area contributed by atoms with Crippen LogP contribution in [0.25, 0.3) is 0 Å². The van der Waals surface area contributed by atoms with Crippen LogP contribution in [-0.4, -0.2) is 76.1 Å². The first-order chi connectivity index (χ1) is 12.5.